The van der Waals surface area contributed by atoms with Gasteiger partial charge in [-0.3, -0.25) is 0 Å². The second kappa shape index (κ2) is 4.40. The van der Waals surface area contributed by atoms with Gasteiger partial charge in [0.25, 0.3) is 0 Å². The maximum Gasteiger partial charge on any atom is 0.241 e. The molecule has 0 unspecified atom stereocenters. The van der Waals surface area contributed by atoms with E-state index in [2.05, 4.69) is 0 Å². The van der Waals surface area contributed by atoms with Crippen molar-refractivity contribution in [2.45, 2.75) is 31.2 Å². The Morgan fingerprint density at radius 1 is 1.38 bits per heavy atom. The predicted molar refractivity (Wildman–Crippen MR) is 61.5 cm³/mol. The molecule has 5 N–H and O–H groups in total. The zero-order chi connectivity index (χ0) is 12.5. The lowest BCUT2D eigenvalue weighted by molar-refractivity contribution is 0.451. The van der Waals surface area contributed by atoms with E-state index >= 15 is 0 Å². The molecule has 0 fully saturated rings. The van der Waals surface area contributed by atoms with E-state index in [1.54, 1.807) is 6.07 Å². The molecular formula is C10H16N2O3S. The first-order valence-corrected chi connectivity index (χ1v) is 6.40. The van der Waals surface area contributed by atoms with E-state index in [9.17, 15) is 13.5 Å². The van der Waals surface area contributed by atoms with Gasteiger partial charge in [0.2, 0.25) is 10.0 Å². The van der Waals surface area contributed by atoms with Crippen LogP contribution in [-0.2, 0) is 16.6 Å². The first-order chi connectivity index (χ1) is 7.27. The van der Waals surface area contributed by atoms with Gasteiger partial charge in [-0.25, -0.2) is 13.6 Å². The van der Waals surface area contributed by atoms with E-state index < -0.39 is 10.0 Å². The van der Waals surface area contributed by atoms with Crippen LogP contribution in [0, 0.1) is 0 Å². The van der Waals surface area contributed by atoms with Crippen molar-refractivity contribution in [2.24, 2.45) is 10.9 Å². The maximum atomic E-state index is 11.3. The average molecular weight is 244 g/mol. The van der Waals surface area contributed by atoms with Crippen LogP contribution in [0.3, 0.4) is 0 Å². The number of hydrogen-bond acceptors (Lipinski definition) is 4. The first-order valence-electron chi connectivity index (χ1n) is 4.86. The fourth-order valence-corrected chi connectivity index (χ4v) is 2.10. The number of phenols is 1. The molecule has 0 saturated carbocycles. The SMILES string of the molecule is CC(C)c1cc(CN)c(O)c(S(N)(=O)=O)c1. The molecule has 0 radical (unpaired) electrons. The normalized spacial score (nSPS) is 12.1. The molecular weight excluding hydrogens is 228 g/mol. The van der Waals surface area contributed by atoms with Crippen LogP contribution >= 0.6 is 0 Å². The number of hydrogen-bond donors (Lipinski definition) is 3. The first kappa shape index (κ1) is 13.0. The molecule has 0 amide bonds. The lowest BCUT2D eigenvalue weighted by Gasteiger charge is -2.12. The number of phenolic OH excluding ortho intramolecular Hbond substituents is 1. The van der Waals surface area contributed by atoms with Gasteiger partial charge in [0, 0.05) is 12.1 Å². The van der Waals surface area contributed by atoms with Crippen molar-refractivity contribution < 1.29 is 13.5 Å². The maximum absolute atomic E-state index is 11.3. The molecule has 1 rings (SSSR count). The zero-order valence-electron chi connectivity index (χ0n) is 9.27. The third kappa shape index (κ3) is 2.52. The average Bonchev–Trinajstić information content (AvgIpc) is 2.15. The summed E-state index contributed by atoms with van der Waals surface area (Å²) < 4.78 is 22.5. The van der Waals surface area contributed by atoms with E-state index in [4.69, 9.17) is 10.9 Å². The van der Waals surface area contributed by atoms with E-state index in [1.165, 1.54) is 6.07 Å². The number of rotatable bonds is 3. The highest BCUT2D eigenvalue weighted by Crippen LogP contribution is 2.30. The summed E-state index contributed by atoms with van der Waals surface area (Å²) in [5.41, 5.74) is 6.60. The topological polar surface area (TPSA) is 106 Å². The quantitative estimate of drug-likeness (QED) is 0.724. The molecule has 0 aromatic heterocycles. The second-order valence-corrected chi connectivity index (χ2v) is 5.46. The second-order valence-electron chi connectivity index (χ2n) is 3.93. The van der Waals surface area contributed by atoms with Gasteiger partial charge < -0.3 is 10.8 Å². The molecule has 0 aliphatic rings. The van der Waals surface area contributed by atoms with Gasteiger partial charge in [-0.15, -0.1) is 0 Å². The molecule has 0 bridgehead atoms. The highest BCUT2D eigenvalue weighted by molar-refractivity contribution is 7.89. The van der Waals surface area contributed by atoms with Gasteiger partial charge >= 0.3 is 0 Å². The Kier molecular flexibility index (Phi) is 3.57. The Hall–Kier alpha value is -1.11. The minimum absolute atomic E-state index is 0.0644. The Morgan fingerprint density at radius 3 is 2.31 bits per heavy atom. The summed E-state index contributed by atoms with van der Waals surface area (Å²) in [6, 6.07) is 3.07. The Labute approximate surface area is 95.1 Å². The minimum atomic E-state index is -3.93. The van der Waals surface area contributed by atoms with Crippen LogP contribution in [0.5, 0.6) is 5.75 Å². The molecule has 0 atom stereocenters. The number of aromatic hydroxyl groups is 1. The lowest BCUT2D eigenvalue weighted by atomic mass is 10.0. The summed E-state index contributed by atoms with van der Waals surface area (Å²) >= 11 is 0. The molecule has 16 heavy (non-hydrogen) atoms. The molecule has 0 aliphatic heterocycles. The highest BCUT2D eigenvalue weighted by Gasteiger charge is 2.18. The molecule has 0 saturated heterocycles. The Bertz CT molecular complexity index is 495. The van der Waals surface area contributed by atoms with Crippen LogP contribution < -0.4 is 10.9 Å². The van der Waals surface area contributed by atoms with Gasteiger partial charge in [0.15, 0.2) is 0 Å². The summed E-state index contributed by atoms with van der Waals surface area (Å²) in [4.78, 5) is -0.265. The van der Waals surface area contributed by atoms with Crippen LogP contribution in [0.25, 0.3) is 0 Å². The fraction of sp³-hybridized carbons (Fsp3) is 0.400. The standard InChI is InChI=1S/C10H16N2O3S/c1-6(2)7-3-8(5-11)10(13)9(4-7)16(12,14)15/h3-4,6,13H,5,11H2,1-2H3,(H2,12,14,15). The third-order valence-electron chi connectivity index (χ3n) is 2.37. The predicted octanol–water partition coefficient (Wildman–Crippen LogP) is 0.622. The summed E-state index contributed by atoms with van der Waals surface area (Å²) in [6.07, 6.45) is 0. The van der Waals surface area contributed by atoms with Crippen molar-refractivity contribution >= 4 is 10.0 Å². The molecule has 0 spiro atoms. The van der Waals surface area contributed by atoms with Crippen molar-refractivity contribution in [3.8, 4) is 5.75 Å². The summed E-state index contributed by atoms with van der Waals surface area (Å²) in [5, 5.41) is 14.7. The molecule has 0 heterocycles. The van der Waals surface area contributed by atoms with Gasteiger partial charge in [-0.2, -0.15) is 0 Å². The van der Waals surface area contributed by atoms with Crippen molar-refractivity contribution in [3.63, 3.8) is 0 Å². The van der Waals surface area contributed by atoms with E-state index in [0.717, 1.165) is 5.56 Å². The Balaban J connectivity index is 3.55. The van der Waals surface area contributed by atoms with Gasteiger partial charge in [-0.05, 0) is 17.5 Å². The smallest absolute Gasteiger partial charge is 0.241 e. The summed E-state index contributed by atoms with van der Waals surface area (Å²) in [6.45, 7) is 3.90. The van der Waals surface area contributed by atoms with Crippen molar-refractivity contribution in [3.05, 3.63) is 23.3 Å². The molecule has 0 aliphatic carbocycles. The van der Waals surface area contributed by atoms with E-state index in [1.807, 2.05) is 13.8 Å². The van der Waals surface area contributed by atoms with Crippen LogP contribution in [0.2, 0.25) is 0 Å². The molecule has 5 nitrogen and oxygen atoms in total. The van der Waals surface area contributed by atoms with E-state index in [-0.39, 0.29) is 23.1 Å². The third-order valence-corrected chi connectivity index (χ3v) is 3.29. The van der Waals surface area contributed by atoms with Crippen LogP contribution in [0.1, 0.15) is 30.9 Å². The fourth-order valence-electron chi connectivity index (χ4n) is 1.40. The number of primary sulfonamides is 1. The molecule has 90 valence electrons. The molecule has 1 aromatic rings. The van der Waals surface area contributed by atoms with Gasteiger partial charge in [0.05, 0.1) is 0 Å². The zero-order valence-corrected chi connectivity index (χ0v) is 10.1. The monoisotopic (exact) mass is 244 g/mol. The summed E-state index contributed by atoms with van der Waals surface area (Å²) in [7, 11) is -3.93. The van der Waals surface area contributed by atoms with Crippen molar-refractivity contribution in [1.82, 2.24) is 0 Å². The van der Waals surface area contributed by atoms with Crippen molar-refractivity contribution in [2.75, 3.05) is 0 Å². The number of benzene rings is 1. The van der Waals surface area contributed by atoms with E-state index in [0.29, 0.717) is 5.56 Å². The van der Waals surface area contributed by atoms with Crippen molar-refractivity contribution in [1.29, 1.82) is 0 Å². The lowest BCUT2D eigenvalue weighted by Crippen LogP contribution is -2.14. The summed E-state index contributed by atoms with van der Waals surface area (Å²) in [5.74, 6) is -0.221. The largest absolute Gasteiger partial charge is 0.506 e. The number of nitrogens with two attached hydrogens (primary N) is 2. The van der Waals surface area contributed by atoms with Crippen LogP contribution in [-0.4, -0.2) is 13.5 Å². The van der Waals surface area contributed by atoms with Crippen LogP contribution in [0.4, 0.5) is 0 Å². The van der Waals surface area contributed by atoms with Crippen LogP contribution in [0.15, 0.2) is 17.0 Å². The van der Waals surface area contributed by atoms with Gasteiger partial charge in [0.1, 0.15) is 10.6 Å². The molecule has 1 aromatic carbocycles. The highest BCUT2D eigenvalue weighted by atomic mass is 32.2. The van der Waals surface area contributed by atoms with Gasteiger partial charge in [-0.1, -0.05) is 19.9 Å². The number of sulfonamides is 1. The minimum Gasteiger partial charge on any atom is -0.506 e. The Morgan fingerprint density at radius 2 is 1.94 bits per heavy atom. The molecule has 6 heteroatoms.